The largest absolute Gasteiger partial charge is 0.548 e. The first-order chi connectivity index (χ1) is 11.0. The second kappa shape index (κ2) is 9.48. The molecule has 4 atom stereocenters. The third-order valence-electron chi connectivity index (χ3n) is 3.03. The molecule has 0 spiro atoms. The maximum Gasteiger partial charge on any atom is 0.242 e. The molecule has 0 heterocycles. The maximum absolute atomic E-state index is 11.9. The number of carboxylic acids is 1. The van der Waals surface area contributed by atoms with E-state index in [0.29, 0.717) is 0 Å². The molecule has 0 aliphatic carbocycles. The summed E-state index contributed by atoms with van der Waals surface area (Å²) in [5.74, 6) is -3.74. The van der Waals surface area contributed by atoms with Crippen molar-refractivity contribution in [2.45, 2.75) is 58.8 Å². The molecule has 0 aromatic carbocycles. The van der Waals surface area contributed by atoms with Gasteiger partial charge < -0.3 is 31.2 Å². The molecule has 136 valence electrons. The van der Waals surface area contributed by atoms with Crippen LogP contribution in [-0.4, -0.2) is 53.8 Å². The molecular formula is C14H23N4O6-. The summed E-state index contributed by atoms with van der Waals surface area (Å²) < 4.78 is 0. The monoisotopic (exact) mass is 343 g/mol. The van der Waals surface area contributed by atoms with E-state index in [1.165, 1.54) is 34.6 Å². The number of carbonyl (C=O) groups is 5. The Kier molecular flexibility index (Phi) is 8.43. The molecule has 0 radical (unpaired) electrons. The molecule has 0 aliphatic heterocycles. The van der Waals surface area contributed by atoms with E-state index in [0.717, 1.165) is 0 Å². The molecule has 0 fully saturated rings. The predicted octanol–water partition coefficient (Wildman–Crippen LogP) is -3.22. The number of rotatable bonds is 8. The van der Waals surface area contributed by atoms with Crippen molar-refractivity contribution in [3.05, 3.63) is 0 Å². The lowest BCUT2D eigenvalue weighted by atomic mass is 10.2. The molecule has 10 nitrogen and oxygen atoms in total. The van der Waals surface area contributed by atoms with Gasteiger partial charge in [0.15, 0.2) is 0 Å². The van der Waals surface area contributed by atoms with Crippen molar-refractivity contribution in [3.63, 3.8) is 0 Å². The Morgan fingerprint density at radius 1 is 0.625 bits per heavy atom. The topological polar surface area (TPSA) is 157 Å². The van der Waals surface area contributed by atoms with Crippen LogP contribution in [0.4, 0.5) is 0 Å². The van der Waals surface area contributed by atoms with E-state index >= 15 is 0 Å². The zero-order chi connectivity index (χ0) is 19.0. The van der Waals surface area contributed by atoms with Gasteiger partial charge in [-0.2, -0.15) is 0 Å². The average Bonchev–Trinajstić information content (AvgIpc) is 2.45. The fourth-order valence-corrected chi connectivity index (χ4v) is 1.58. The molecule has 0 saturated heterocycles. The summed E-state index contributed by atoms with van der Waals surface area (Å²) in [6.45, 7) is 6.71. The van der Waals surface area contributed by atoms with Gasteiger partial charge in [0.2, 0.25) is 23.6 Å². The zero-order valence-electron chi connectivity index (χ0n) is 14.3. The molecule has 0 rings (SSSR count). The van der Waals surface area contributed by atoms with Gasteiger partial charge in [-0.15, -0.1) is 0 Å². The van der Waals surface area contributed by atoms with Crippen LogP contribution in [0.25, 0.3) is 0 Å². The Labute approximate surface area is 139 Å². The molecule has 4 N–H and O–H groups in total. The molecule has 10 heteroatoms. The van der Waals surface area contributed by atoms with Gasteiger partial charge >= 0.3 is 0 Å². The van der Waals surface area contributed by atoms with Crippen molar-refractivity contribution in [2.24, 2.45) is 0 Å². The third kappa shape index (κ3) is 7.56. The van der Waals surface area contributed by atoms with Crippen molar-refractivity contribution in [1.82, 2.24) is 21.3 Å². The summed E-state index contributed by atoms with van der Waals surface area (Å²) in [4.78, 5) is 56.9. The molecule has 0 aliphatic rings. The first kappa shape index (κ1) is 21.4. The van der Waals surface area contributed by atoms with Crippen LogP contribution in [0.1, 0.15) is 34.6 Å². The zero-order valence-corrected chi connectivity index (χ0v) is 14.3. The standard InChI is InChI=1S/C14H24N4O6/c1-6(15-10(5)19)11(20)16-7(2)12(21)17-8(3)13(22)18-9(4)14(23)24/h6-9H,1-5H3,(H,15,19)(H,16,20)(H,17,21)(H,18,22)(H,23,24)/p-1/t6-,7-,8-,9-/m0/s1. The van der Waals surface area contributed by atoms with E-state index in [9.17, 15) is 29.1 Å². The highest BCUT2D eigenvalue weighted by Gasteiger charge is 2.23. The Bertz CT molecular complexity index is 521. The minimum absolute atomic E-state index is 0.387. The first-order valence-electron chi connectivity index (χ1n) is 7.34. The van der Waals surface area contributed by atoms with E-state index < -0.39 is 47.9 Å². The summed E-state index contributed by atoms with van der Waals surface area (Å²) in [5, 5.41) is 19.8. The molecule has 0 aromatic heterocycles. The number of amides is 4. The van der Waals surface area contributed by atoms with Crippen LogP contribution in [-0.2, 0) is 24.0 Å². The summed E-state index contributed by atoms with van der Waals surface area (Å²) in [5.41, 5.74) is 0. The number of aliphatic carboxylic acids is 1. The van der Waals surface area contributed by atoms with E-state index in [2.05, 4.69) is 21.3 Å². The summed E-state index contributed by atoms with van der Waals surface area (Å²) in [7, 11) is 0. The van der Waals surface area contributed by atoms with Crippen LogP contribution in [0.15, 0.2) is 0 Å². The number of nitrogens with one attached hydrogen (secondary N) is 4. The van der Waals surface area contributed by atoms with Gasteiger partial charge in [0.1, 0.15) is 18.1 Å². The van der Waals surface area contributed by atoms with Crippen LogP contribution >= 0.6 is 0 Å². The second-order valence-corrected chi connectivity index (χ2v) is 5.43. The molecule has 0 aromatic rings. The van der Waals surface area contributed by atoms with E-state index in [1.807, 2.05) is 0 Å². The van der Waals surface area contributed by atoms with Crippen LogP contribution in [0, 0.1) is 0 Å². The minimum atomic E-state index is -1.45. The molecule has 0 bridgehead atoms. The van der Waals surface area contributed by atoms with E-state index in [4.69, 9.17) is 0 Å². The average molecular weight is 343 g/mol. The molecule has 0 unspecified atom stereocenters. The van der Waals surface area contributed by atoms with Gasteiger partial charge in [0.05, 0.1) is 12.0 Å². The molecule has 4 amide bonds. The lowest BCUT2D eigenvalue weighted by molar-refractivity contribution is -0.307. The summed E-state index contributed by atoms with van der Waals surface area (Å²) >= 11 is 0. The van der Waals surface area contributed by atoms with Gasteiger partial charge in [0.25, 0.3) is 0 Å². The highest BCUT2D eigenvalue weighted by Crippen LogP contribution is 1.91. The molecule has 0 saturated carbocycles. The van der Waals surface area contributed by atoms with Crippen molar-refractivity contribution in [3.8, 4) is 0 Å². The van der Waals surface area contributed by atoms with Crippen molar-refractivity contribution < 1.29 is 29.1 Å². The number of carboxylic acid groups (broad SMARTS) is 1. The van der Waals surface area contributed by atoms with Crippen molar-refractivity contribution in [2.75, 3.05) is 0 Å². The fraction of sp³-hybridized carbons (Fsp3) is 0.643. The van der Waals surface area contributed by atoms with E-state index in [1.54, 1.807) is 0 Å². The Hall–Kier alpha value is -2.65. The number of hydrogen-bond acceptors (Lipinski definition) is 6. The van der Waals surface area contributed by atoms with Gasteiger partial charge in [-0.1, -0.05) is 0 Å². The fourth-order valence-electron chi connectivity index (χ4n) is 1.58. The summed E-state index contributed by atoms with van der Waals surface area (Å²) in [6.07, 6.45) is 0. The maximum atomic E-state index is 11.9. The lowest BCUT2D eigenvalue weighted by Crippen LogP contribution is -2.56. The van der Waals surface area contributed by atoms with Crippen LogP contribution < -0.4 is 26.4 Å². The van der Waals surface area contributed by atoms with Crippen LogP contribution in [0.3, 0.4) is 0 Å². The second-order valence-electron chi connectivity index (χ2n) is 5.43. The van der Waals surface area contributed by atoms with Crippen LogP contribution in [0.2, 0.25) is 0 Å². The van der Waals surface area contributed by atoms with Gasteiger partial charge in [-0.25, -0.2) is 0 Å². The smallest absolute Gasteiger partial charge is 0.242 e. The Morgan fingerprint density at radius 3 is 1.21 bits per heavy atom. The minimum Gasteiger partial charge on any atom is -0.548 e. The predicted molar refractivity (Wildman–Crippen MR) is 81.1 cm³/mol. The Morgan fingerprint density at radius 2 is 0.917 bits per heavy atom. The normalized spacial score (nSPS) is 15.2. The quantitative estimate of drug-likeness (QED) is 0.363. The van der Waals surface area contributed by atoms with Gasteiger partial charge in [-0.3, -0.25) is 19.2 Å². The Balaban J connectivity index is 4.48. The summed E-state index contributed by atoms with van der Waals surface area (Å²) in [6, 6.07) is -3.98. The third-order valence-corrected chi connectivity index (χ3v) is 3.03. The van der Waals surface area contributed by atoms with Crippen molar-refractivity contribution in [1.29, 1.82) is 0 Å². The first-order valence-corrected chi connectivity index (χ1v) is 7.34. The van der Waals surface area contributed by atoms with Gasteiger partial charge in [-0.05, 0) is 27.7 Å². The highest BCUT2D eigenvalue weighted by molar-refractivity contribution is 5.94. The number of carbonyl (C=O) groups excluding carboxylic acids is 5. The molecule has 24 heavy (non-hydrogen) atoms. The van der Waals surface area contributed by atoms with E-state index in [-0.39, 0.29) is 5.91 Å². The van der Waals surface area contributed by atoms with Gasteiger partial charge in [0, 0.05) is 6.92 Å². The SMILES string of the molecule is CC(=O)N[C@@H](C)C(=O)N[C@@H](C)C(=O)N[C@@H](C)C(=O)N[C@@H](C)C(=O)[O-]. The highest BCUT2D eigenvalue weighted by atomic mass is 16.4. The van der Waals surface area contributed by atoms with Crippen LogP contribution in [0.5, 0.6) is 0 Å². The van der Waals surface area contributed by atoms with Crippen molar-refractivity contribution >= 4 is 29.6 Å². The lowest BCUT2D eigenvalue weighted by Gasteiger charge is -2.21. The number of hydrogen-bond donors (Lipinski definition) is 4. The molecular weight excluding hydrogens is 320 g/mol.